The van der Waals surface area contributed by atoms with Crippen molar-refractivity contribution in [1.82, 2.24) is 9.80 Å². The van der Waals surface area contributed by atoms with Gasteiger partial charge in [-0.2, -0.15) is 0 Å². The number of carboxylic acids is 1. The van der Waals surface area contributed by atoms with Gasteiger partial charge in [0, 0.05) is 32.6 Å². The quantitative estimate of drug-likeness (QED) is 0.773. The third-order valence-corrected chi connectivity index (χ3v) is 4.41. The van der Waals surface area contributed by atoms with Gasteiger partial charge >= 0.3 is 18.0 Å². The number of amides is 2. The van der Waals surface area contributed by atoms with E-state index in [0.29, 0.717) is 26.2 Å². The average Bonchev–Trinajstić information content (AvgIpc) is 3.03. The molecule has 1 N–H and O–H groups in total. The normalized spacial score (nSPS) is 28.8. The number of hydrogen-bond donors (Lipinski definition) is 1. The fourth-order valence-electron chi connectivity index (χ4n) is 3.20. The molecule has 118 valence electrons. The number of likely N-dealkylation sites (tertiary alicyclic amines) is 2. The maximum absolute atomic E-state index is 12.4. The number of carbonyl (C=O) groups is 3. The summed E-state index contributed by atoms with van der Waals surface area (Å²) < 4.78 is 4.76. The molecule has 3 atom stereocenters. The Kier molecular flexibility index (Phi) is 4.69. The lowest BCUT2D eigenvalue weighted by atomic mass is 9.99. The van der Waals surface area contributed by atoms with Crippen molar-refractivity contribution in [2.45, 2.75) is 19.8 Å². The van der Waals surface area contributed by atoms with E-state index in [2.05, 4.69) is 0 Å². The molecule has 0 aliphatic carbocycles. The highest BCUT2D eigenvalue weighted by Crippen LogP contribution is 2.27. The molecule has 2 aliphatic rings. The molecule has 2 rings (SSSR count). The van der Waals surface area contributed by atoms with Gasteiger partial charge in [-0.3, -0.25) is 9.59 Å². The lowest BCUT2D eigenvalue weighted by Gasteiger charge is -2.24. The molecular formula is C14H22N2O5. The molecule has 0 aromatic rings. The number of rotatable bonds is 3. The highest BCUT2D eigenvalue weighted by Gasteiger charge is 2.40. The molecule has 2 heterocycles. The molecule has 0 spiro atoms. The molecule has 0 bridgehead atoms. The Morgan fingerprint density at radius 1 is 1.19 bits per heavy atom. The van der Waals surface area contributed by atoms with E-state index < -0.39 is 5.97 Å². The third kappa shape index (κ3) is 3.46. The van der Waals surface area contributed by atoms with Crippen LogP contribution in [0.2, 0.25) is 0 Å². The van der Waals surface area contributed by atoms with Crippen LogP contribution in [-0.4, -0.2) is 66.2 Å². The average molecular weight is 298 g/mol. The fraction of sp³-hybridized carbons (Fsp3) is 0.786. The smallest absolute Gasteiger partial charge is 0.320 e. The van der Waals surface area contributed by atoms with Crippen molar-refractivity contribution in [3.8, 4) is 0 Å². The highest BCUT2D eigenvalue weighted by molar-refractivity contribution is 5.79. The van der Waals surface area contributed by atoms with Crippen LogP contribution in [0.1, 0.15) is 19.8 Å². The second-order valence-electron chi connectivity index (χ2n) is 5.99. The van der Waals surface area contributed by atoms with Crippen LogP contribution in [0.3, 0.4) is 0 Å². The standard InChI is InChI=1S/C14H22N2O5/c1-9-6-16(8-11(9)13(19)21-2)14(20)15-4-3-10(7-15)5-12(17)18/h9-11H,3-8H2,1-2H3,(H,17,18). The molecule has 2 amide bonds. The summed E-state index contributed by atoms with van der Waals surface area (Å²) in [7, 11) is 1.36. The summed E-state index contributed by atoms with van der Waals surface area (Å²) in [6.45, 7) is 3.93. The SMILES string of the molecule is COC(=O)C1CN(C(=O)N2CCC(CC(=O)O)C2)CC1C. The number of hydrogen-bond acceptors (Lipinski definition) is 4. The van der Waals surface area contributed by atoms with Crippen LogP contribution < -0.4 is 0 Å². The van der Waals surface area contributed by atoms with Crippen molar-refractivity contribution in [1.29, 1.82) is 0 Å². The van der Waals surface area contributed by atoms with Crippen LogP contribution in [0.4, 0.5) is 4.79 Å². The van der Waals surface area contributed by atoms with Crippen molar-refractivity contribution >= 4 is 18.0 Å². The van der Waals surface area contributed by atoms with Gasteiger partial charge in [-0.15, -0.1) is 0 Å². The molecule has 0 saturated carbocycles. The first kappa shape index (κ1) is 15.6. The number of urea groups is 1. The summed E-state index contributed by atoms with van der Waals surface area (Å²) >= 11 is 0. The van der Waals surface area contributed by atoms with Gasteiger partial charge in [0.15, 0.2) is 0 Å². The zero-order valence-corrected chi connectivity index (χ0v) is 12.4. The predicted molar refractivity (Wildman–Crippen MR) is 73.6 cm³/mol. The lowest BCUT2D eigenvalue weighted by Crippen LogP contribution is -2.41. The van der Waals surface area contributed by atoms with E-state index in [-0.39, 0.29) is 36.2 Å². The first-order chi connectivity index (χ1) is 9.92. The van der Waals surface area contributed by atoms with E-state index in [1.54, 1.807) is 9.80 Å². The molecule has 7 heteroatoms. The second kappa shape index (κ2) is 6.32. The van der Waals surface area contributed by atoms with Crippen molar-refractivity contribution in [2.75, 3.05) is 33.3 Å². The summed E-state index contributed by atoms with van der Waals surface area (Å²) in [5.74, 6) is -1.25. The van der Waals surface area contributed by atoms with Gasteiger partial charge in [0.1, 0.15) is 0 Å². The van der Waals surface area contributed by atoms with Crippen molar-refractivity contribution in [3.63, 3.8) is 0 Å². The van der Waals surface area contributed by atoms with Crippen LogP contribution in [0.15, 0.2) is 0 Å². The Labute approximate surface area is 123 Å². The number of carboxylic acid groups (broad SMARTS) is 1. The van der Waals surface area contributed by atoms with E-state index in [4.69, 9.17) is 9.84 Å². The molecule has 3 unspecified atom stereocenters. The monoisotopic (exact) mass is 298 g/mol. The fourth-order valence-corrected chi connectivity index (χ4v) is 3.20. The van der Waals surface area contributed by atoms with Crippen molar-refractivity contribution in [3.05, 3.63) is 0 Å². The summed E-state index contributed by atoms with van der Waals surface area (Å²) in [6.07, 6.45) is 0.826. The first-order valence-corrected chi connectivity index (χ1v) is 7.25. The number of esters is 1. The molecule has 2 saturated heterocycles. The van der Waals surface area contributed by atoms with Gasteiger partial charge in [-0.05, 0) is 18.3 Å². The molecule has 2 fully saturated rings. The summed E-state index contributed by atoms with van der Waals surface area (Å²) in [4.78, 5) is 38.2. The van der Waals surface area contributed by atoms with E-state index >= 15 is 0 Å². The van der Waals surface area contributed by atoms with Crippen LogP contribution in [0, 0.1) is 17.8 Å². The van der Waals surface area contributed by atoms with Crippen LogP contribution in [0.25, 0.3) is 0 Å². The Balaban J connectivity index is 1.90. The van der Waals surface area contributed by atoms with Gasteiger partial charge in [0.25, 0.3) is 0 Å². The van der Waals surface area contributed by atoms with Gasteiger partial charge in [0.05, 0.1) is 13.0 Å². The Hall–Kier alpha value is -1.79. The predicted octanol–water partition coefficient (Wildman–Crippen LogP) is 0.644. The Bertz CT molecular complexity index is 439. The minimum Gasteiger partial charge on any atom is -0.481 e. The summed E-state index contributed by atoms with van der Waals surface area (Å²) in [6, 6.07) is -0.0962. The van der Waals surface area contributed by atoms with E-state index in [9.17, 15) is 14.4 Å². The Morgan fingerprint density at radius 2 is 1.90 bits per heavy atom. The van der Waals surface area contributed by atoms with Crippen LogP contribution in [-0.2, 0) is 14.3 Å². The molecule has 0 aromatic heterocycles. The zero-order chi connectivity index (χ0) is 15.6. The number of ether oxygens (including phenoxy) is 1. The maximum Gasteiger partial charge on any atom is 0.320 e. The van der Waals surface area contributed by atoms with E-state index in [1.807, 2.05) is 6.92 Å². The molecule has 21 heavy (non-hydrogen) atoms. The molecule has 0 aromatic carbocycles. The van der Waals surface area contributed by atoms with E-state index in [0.717, 1.165) is 6.42 Å². The van der Waals surface area contributed by atoms with Crippen molar-refractivity contribution < 1.29 is 24.2 Å². The molecule has 2 aliphatic heterocycles. The highest BCUT2D eigenvalue weighted by atomic mass is 16.5. The minimum absolute atomic E-state index is 0.0304. The minimum atomic E-state index is -0.824. The largest absolute Gasteiger partial charge is 0.481 e. The van der Waals surface area contributed by atoms with Gasteiger partial charge in [0.2, 0.25) is 0 Å². The number of methoxy groups -OCH3 is 1. The van der Waals surface area contributed by atoms with Crippen LogP contribution >= 0.6 is 0 Å². The van der Waals surface area contributed by atoms with Gasteiger partial charge < -0.3 is 19.6 Å². The number of nitrogens with zero attached hydrogens (tertiary/aromatic N) is 2. The summed E-state index contributed by atoms with van der Waals surface area (Å²) in [5.41, 5.74) is 0. The molecule has 7 nitrogen and oxygen atoms in total. The van der Waals surface area contributed by atoms with Gasteiger partial charge in [-0.1, -0.05) is 6.92 Å². The lowest BCUT2D eigenvalue weighted by molar-refractivity contribution is -0.146. The Morgan fingerprint density at radius 3 is 2.52 bits per heavy atom. The topological polar surface area (TPSA) is 87.2 Å². The number of aliphatic carboxylic acids is 1. The number of carbonyl (C=O) groups excluding carboxylic acids is 2. The molecular weight excluding hydrogens is 276 g/mol. The van der Waals surface area contributed by atoms with Crippen molar-refractivity contribution in [2.24, 2.45) is 17.8 Å². The zero-order valence-electron chi connectivity index (χ0n) is 12.4. The third-order valence-electron chi connectivity index (χ3n) is 4.41. The maximum atomic E-state index is 12.4. The van der Waals surface area contributed by atoms with Crippen LogP contribution in [0.5, 0.6) is 0 Å². The molecule has 0 radical (unpaired) electrons. The second-order valence-corrected chi connectivity index (χ2v) is 5.99. The summed E-state index contributed by atoms with van der Waals surface area (Å²) in [5, 5.41) is 8.80. The first-order valence-electron chi connectivity index (χ1n) is 7.25. The van der Waals surface area contributed by atoms with Gasteiger partial charge in [-0.25, -0.2) is 4.79 Å². The van der Waals surface area contributed by atoms with E-state index in [1.165, 1.54) is 7.11 Å².